The van der Waals surface area contributed by atoms with Gasteiger partial charge in [-0.1, -0.05) is 6.92 Å². The molecule has 7 nitrogen and oxygen atoms in total. The van der Waals surface area contributed by atoms with Crippen LogP contribution < -0.4 is 16.2 Å². The minimum Gasteiger partial charge on any atom is -0.451 e. The summed E-state index contributed by atoms with van der Waals surface area (Å²) >= 11 is 0. The van der Waals surface area contributed by atoms with Gasteiger partial charge in [0.2, 0.25) is 5.91 Å². The van der Waals surface area contributed by atoms with Crippen molar-refractivity contribution in [2.45, 2.75) is 32.7 Å². The Kier molecular flexibility index (Phi) is 5.16. The zero-order valence-corrected chi connectivity index (χ0v) is 10.4. The first-order valence-corrected chi connectivity index (χ1v) is 5.74. The second kappa shape index (κ2) is 6.63. The minimum absolute atomic E-state index is 0.0440. The van der Waals surface area contributed by atoms with Gasteiger partial charge in [0.15, 0.2) is 6.61 Å². The maximum Gasteiger partial charge on any atom is 0.356 e. The second-order valence-electron chi connectivity index (χ2n) is 3.95. The topological polar surface area (TPSA) is 96.5 Å². The molecule has 1 aliphatic rings. The zero-order valence-electron chi connectivity index (χ0n) is 10.4. The lowest BCUT2D eigenvalue weighted by Gasteiger charge is -2.16. The van der Waals surface area contributed by atoms with Crippen molar-refractivity contribution in [3.8, 4) is 0 Å². The van der Waals surface area contributed by atoms with Gasteiger partial charge in [0.25, 0.3) is 5.91 Å². The van der Waals surface area contributed by atoms with Gasteiger partial charge in [0.05, 0.1) is 0 Å². The van der Waals surface area contributed by atoms with Crippen molar-refractivity contribution in [1.82, 2.24) is 16.2 Å². The highest BCUT2D eigenvalue weighted by molar-refractivity contribution is 5.92. The first-order valence-electron chi connectivity index (χ1n) is 5.74. The van der Waals surface area contributed by atoms with Crippen molar-refractivity contribution in [3.05, 3.63) is 11.8 Å². The third-order valence-electron chi connectivity index (χ3n) is 2.40. The van der Waals surface area contributed by atoms with Gasteiger partial charge in [-0.3, -0.25) is 20.4 Å². The second-order valence-corrected chi connectivity index (χ2v) is 3.95. The third-order valence-corrected chi connectivity index (χ3v) is 2.40. The summed E-state index contributed by atoms with van der Waals surface area (Å²) in [6.07, 6.45) is 2.32. The largest absolute Gasteiger partial charge is 0.451 e. The number of hydrazine groups is 1. The van der Waals surface area contributed by atoms with E-state index in [4.69, 9.17) is 4.74 Å². The molecule has 7 heteroatoms. The molecule has 0 aliphatic carbocycles. The van der Waals surface area contributed by atoms with Crippen LogP contribution in [0.5, 0.6) is 0 Å². The lowest BCUT2D eigenvalue weighted by atomic mass is 10.2. The van der Waals surface area contributed by atoms with E-state index < -0.39 is 5.97 Å². The number of esters is 1. The van der Waals surface area contributed by atoms with E-state index in [0.717, 1.165) is 6.42 Å². The molecular weight excluding hydrogens is 238 g/mol. The van der Waals surface area contributed by atoms with Crippen molar-refractivity contribution in [2.24, 2.45) is 0 Å². The molecule has 1 aliphatic heterocycles. The van der Waals surface area contributed by atoms with Crippen molar-refractivity contribution in [2.75, 3.05) is 6.61 Å². The highest BCUT2D eigenvalue weighted by Gasteiger charge is 2.17. The Labute approximate surface area is 105 Å². The molecule has 0 aromatic rings. The monoisotopic (exact) mass is 255 g/mol. The summed E-state index contributed by atoms with van der Waals surface area (Å²) in [5.74, 6) is -1.26. The van der Waals surface area contributed by atoms with E-state index in [2.05, 4.69) is 16.2 Å². The number of hydrogen-bond donors (Lipinski definition) is 3. The van der Waals surface area contributed by atoms with Crippen LogP contribution in [-0.2, 0) is 19.1 Å². The Morgan fingerprint density at radius 2 is 2.22 bits per heavy atom. The molecule has 100 valence electrons. The van der Waals surface area contributed by atoms with Gasteiger partial charge in [-0.15, -0.1) is 0 Å². The van der Waals surface area contributed by atoms with Gasteiger partial charge >= 0.3 is 5.97 Å². The Balaban J connectivity index is 2.33. The summed E-state index contributed by atoms with van der Waals surface area (Å²) in [5.41, 5.74) is 4.81. The maximum atomic E-state index is 11.5. The van der Waals surface area contributed by atoms with Crippen LogP contribution in [0.4, 0.5) is 0 Å². The fourth-order valence-corrected chi connectivity index (χ4v) is 1.20. The maximum absolute atomic E-state index is 11.5. The first kappa shape index (κ1) is 14.0. The van der Waals surface area contributed by atoms with E-state index in [9.17, 15) is 14.4 Å². The lowest BCUT2D eigenvalue weighted by molar-refractivity contribution is -0.145. The minimum atomic E-state index is -0.672. The summed E-state index contributed by atoms with van der Waals surface area (Å²) in [5, 5.41) is 2.67. The molecular formula is C11H17N3O4. The van der Waals surface area contributed by atoms with Crippen LogP contribution in [0.25, 0.3) is 0 Å². The summed E-state index contributed by atoms with van der Waals surface area (Å²) in [6, 6.07) is 0.0440. The SMILES string of the molecule is CC[C@@H](C)NC(=O)COC(=O)C1=CCC(=O)NN1. The van der Waals surface area contributed by atoms with Crippen LogP contribution in [-0.4, -0.2) is 30.4 Å². The number of ether oxygens (including phenoxy) is 1. The molecule has 3 N–H and O–H groups in total. The van der Waals surface area contributed by atoms with E-state index >= 15 is 0 Å². The summed E-state index contributed by atoms with van der Waals surface area (Å²) < 4.78 is 4.79. The third kappa shape index (κ3) is 4.44. The van der Waals surface area contributed by atoms with Crippen molar-refractivity contribution >= 4 is 17.8 Å². The van der Waals surface area contributed by atoms with Crippen LogP contribution in [0.1, 0.15) is 26.7 Å². The summed E-state index contributed by atoms with van der Waals surface area (Å²) in [7, 11) is 0. The molecule has 0 aromatic heterocycles. The quantitative estimate of drug-likeness (QED) is 0.567. The smallest absolute Gasteiger partial charge is 0.356 e. The van der Waals surface area contributed by atoms with E-state index in [1.54, 1.807) is 0 Å². The van der Waals surface area contributed by atoms with Crippen molar-refractivity contribution in [3.63, 3.8) is 0 Å². The molecule has 0 spiro atoms. The van der Waals surface area contributed by atoms with Crippen molar-refractivity contribution in [1.29, 1.82) is 0 Å². The molecule has 0 bridgehead atoms. The van der Waals surface area contributed by atoms with Crippen LogP contribution in [0, 0.1) is 0 Å². The number of hydrogen-bond acceptors (Lipinski definition) is 5. The number of nitrogens with one attached hydrogen (secondary N) is 3. The van der Waals surface area contributed by atoms with E-state index in [-0.39, 0.29) is 36.6 Å². The predicted molar refractivity (Wildman–Crippen MR) is 62.8 cm³/mol. The summed E-state index contributed by atoms with van der Waals surface area (Å²) in [6.45, 7) is 3.47. The average Bonchev–Trinajstić information content (AvgIpc) is 2.36. The molecule has 0 saturated heterocycles. The molecule has 0 fully saturated rings. The fraction of sp³-hybridized carbons (Fsp3) is 0.545. The Hall–Kier alpha value is -2.05. The predicted octanol–water partition coefficient (Wildman–Crippen LogP) is -0.647. The Morgan fingerprint density at radius 1 is 1.50 bits per heavy atom. The van der Waals surface area contributed by atoms with Gasteiger partial charge in [0, 0.05) is 12.5 Å². The van der Waals surface area contributed by atoms with Crippen LogP contribution >= 0.6 is 0 Å². The number of carbonyl (C=O) groups excluding carboxylic acids is 3. The molecule has 1 rings (SSSR count). The molecule has 18 heavy (non-hydrogen) atoms. The number of rotatable bonds is 5. The van der Waals surface area contributed by atoms with E-state index in [0.29, 0.717) is 0 Å². The van der Waals surface area contributed by atoms with Crippen molar-refractivity contribution < 1.29 is 19.1 Å². The van der Waals surface area contributed by atoms with Crippen LogP contribution in [0.15, 0.2) is 11.8 Å². The lowest BCUT2D eigenvalue weighted by Crippen LogP contribution is -2.43. The number of amides is 2. The molecule has 2 amide bonds. The molecule has 0 radical (unpaired) electrons. The Morgan fingerprint density at radius 3 is 2.78 bits per heavy atom. The van der Waals surface area contributed by atoms with Gasteiger partial charge < -0.3 is 10.1 Å². The van der Waals surface area contributed by atoms with Gasteiger partial charge in [-0.25, -0.2) is 4.79 Å². The van der Waals surface area contributed by atoms with E-state index in [1.807, 2.05) is 13.8 Å². The average molecular weight is 255 g/mol. The molecule has 0 unspecified atom stereocenters. The molecule has 0 aromatic carbocycles. The van der Waals surface area contributed by atoms with Crippen LogP contribution in [0.2, 0.25) is 0 Å². The Bertz CT molecular complexity index is 378. The highest BCUT2D eigenvalue weighted by atomic mass is 16.5. The molecule has 1 heterocycles. The number of carbonyl (C=O) groups is 3. The van der Waals surface area contributed by atoms with E-state index in [1.165, 1.54) is 6.08 Å². The van der Waals surface area contributed by atoms with Gasteiger partial charge in [0.1, 0.15) is 5.70 Å². The fourth-order valence-electron chi connectivity index (χ4n) is 1.20. The zero-order chi connectivity index (χ0) is 13.5. The van der Waals surface area contributed by atoms with Crippen LogP contribution in [0.3, 0.4) is 0 Å². The first-order chi connectivity index (χ1) is 8.52. The van der Waals surface area contributed by atoms with Gasteiger partial charge in [-0.2, -0.15) is 0 Å². The standard InChI is InChI=1S/C11H17N3O4/c1-3-7(2)12-10(16)6-18-11(17)8-4-5-9(15)14-13-8/h4,7,13H,3,5-6H2,1-2H3,(H,12,16)(H,14,15)/t7-/m1/s1. The normalized spacial score (nSPS) is 15.9. The highest BCUT2D eigenvalue weighted by Crippen LogP contribution is 2.00. The molecule has 1 atom stereocenters. The van der Waals surface area contributed by atoms with Gasteiger partial charge in [-0.05, 0) is 19.4 Å². The summed E-state index contributed by atoms with van der Waals surface area (Å²) in [4.78, 5) is 33.7. The molecule has 0 saturated carbocycles.